The van der Waals surface area contributed by atoms with Crippen molar-refractivity contribution in [3.05, 3.63) is 65.4 Å². The van der Waals surface area contributed by atoms with Gasteiger partial charge in [-0.3, -0.25) is 4.99 Å². The first-order valence-electron chi connectivity index (χ1n) is 10.1. The highest BCUT2D eigenvalue weighted by Gasteiger charge is 2.10. The maximum Gasteiger partial charge on any atom is 0.123 e. The number of ether oxygens (including phenoxy) is 2. The number of methoxy groups -OCH3 is 1. The van der Waals surface area contributed by atoms with Crippen molar-refractivity contribution in [3.63, 3.8) is 0 Å². The van der Waals surface area contributed by atoms with Crippen LogP contribution in [-0.4, -0.2) is 49.6 Å². The minimum atomic E-state index is 0.237. The fourth-order valence-electron chi connectivity index (χ4n) is 3.07. The predicted octanol–water partition coefficient (Wildman–Crippen LogP) is 4.00. The molecule has 0 fully saturated rings. The Morgan fingerprint density at radius 1 is 1.10 bits per heavy atom. The molecule has 0 aliphatic heterocycles. The molecular weight excluding hydrogens is 378 g/mol. The van der Waals surface area contributed by atoms with Crippen LogP contribution >= 0.6 is 0 Å². The van der Waals surface area contributed by atoms with Gasteiger partial charge >= 0.3 is 0 Å². The molecule has 0 spiro atoms. The largest absolute Gasteiger partial charge is 0.508 e. The Kier molecular flexibility index (Phi) is 9.22. The highest BCUT2D eigenvalue weighted by atomic mass is 16.5. The van der Waals surface area contributed by atoms with Crippen molar-refractivity contribution in [1.29, 1.82) is 0 Å². The minimum absolute atomic E-state index is 0.237. The number of aliphatic imine (C=N–C) groups is 1. The Hall–Kier alpha value is -2.99. The van der Waals surface area contributed by atoms with Gasteiger partial charge in [-0.05, 0) is 57.6 Å². The number of para-hydroxylation sites is 1. The summed E-state index contributed by atoms with van der Waals surface area (Å²) < 4.78 is 11.1. The average Bonchev–Trinajstić information content (AvgIpc) is 2.74. The fraction of sp³-hybridized carbons (Fsp3) is 0.375. The van der Waals surface area contributed by atoms with Crippen LogP contribution in [0.2, 0.25) is 0 Å². The van der Waals surface area contributed by atoms with E-state index in [0.717, 1.165) is 53.6 Å². The number of allylic oxidation sites excluding steroid dienone is 1. The molecule has 0 saturated carbocycles. The second-order valence-corrected chi connectivity index (χ2v) is 7.31. The Bertz CT molecular complexity index is 856. The van der Waals surface area contributed by atoms with E-state index >= 15 is 0 Å². The third kappa shape index (κ3) is 7.44. The zero-order valence-electron chi connectivity index (χ0n) is 18.4. The van der Waals surface area contributed by atoms with Crippen LogP contribution in [0.5, 0.6) is 17.2 Å². The van der Waals surface area contributed by atoms with E-state index in [2.05, 4.69) is 11.9 Å². The van der Waals surface area contributed by atoms with E-state index in [1.54, 1.807) is 31.4 Å². The molecule has 0 aliphatic carbocycles. The molecule has 30 heavy (non-hydrogen) atoms. The number of nitrogens with two attached hydrogens (primary N) is 1. The van der Waals surface area contributed by atoms with Crippen LogP contribution in [0, 0.1) is 0 Å². The van der Waals surface area contributed by atoms with Gasteiger partial charge in [0.05, 0.1) is 20.3 Å². The predicted molar refractivity (Wildman–Crippen MR) is 122 cm³/mol. The van der Waals surface area contributed by atoms with E-state index in [0.29, 0.717) is 13.2 Å². The van der Waals surface area contributed by atoms with Gasteiger partial charge in [0.1, 0.15) is 17.2 Å². The maximum atomic E-state index is 9.31. The zero-order valence-corrected chi connectivity index (χ0v) is 18.4. The molecule has 0 saturated heterocycles. The smallest absolute Gasteiger partial charge is 0.123 e. The van der Waals surface area contributed by atoms with E-state index < -0.39 is 0 Å². The van der Waals surface area contributed by atoms with E-state index in [4.69, 9.17) is 20.2 Å². The molecule has 6 nitrogen and oxygen atoms in total. The lowest BCUT2D eigenvalue weighted by Crippen LogP contribution is -2.27. The first-order chi connectivity index (χ1) is 14.4. The summed E-state index contributed by atoms with van der Waals surface area (Å²) in [6, 6.07) is 14.7. The number of phenolic OH excluding ortho intramolecular Hbond substituents is 1. The minimum Gasteiger partial charge on any atom is -0.508 e. The van der Waals surface area contributed by atoms with Gasteiger partial charge in [0.2, 0.25) is 0 Å². The maximum absolute atomic E-state index is 9.31. The molecule has 0 amide bonds. The molecule has 6 heteroatoms. The molecule has 0 unspecified atom stereocenters. The van der Waals surface area contributed by atoms with Crippen LogP contribution in [-0.2, 0) is 6.54 Å². The second kappa shape index (κ2) is 11.9. The van der Waals surface area contributed by atoms with Crippen LogP contribution in [0.3, 0.4) is 0 Å². The molecule has 0 heterocycles. The summed E-state index contributed by atoms with van der Waals surface area (Å²) in [5.74, 6) is 1.84. The molecule has 0 aliphatic rings. The summed E-state index contributed by atoms with van der Waals surface area (Å²) in [7, 11) is 3.74. The standard InChI is InChI=1S/C24H33N3O3/c1-18(25)23(19(2)26-16-20-8-5-6-9-24(20)29-4)17-27(3)14-7-15-30-22-12-10-21(28)11-13-22/h5-6,8-13,28H,7,14-17,25H2,1-4H3/b23-18-,26-19?. The molecule has 0 atom stereocenters. The number of hydrogen-bond donors (Lipinski definition) is 2. The van der Waals surface area contributed by atoms with Gasteiger partial charge in [0.15, 0.2) is 0 Å². The van der Waals surface area contributed by atoms with Crippen LogP contribution in [0.15, 0.2) is 64.8 Å². The lowest BCUT2D eigenvalue weighted by atomic mass is 10.1. The summed E-state index contributed by atoms with van der Waals surface area (Å²) >= 11 is 0. The molecule has 0 aromatic heterocycles. The quantitative estimate of drug-likeness (QED) is 0.432. The molecule has 2 aromatic carbocycles. The molecule has 3 N–H and O–H groups in total. The lowest BCUT2D eigenvalue weighted by Gasteiger charge is -2.20. The summed E-state index contributed by atoms with van der Waals surface area (Å²) in [5, 5.41) is 9.31. The number of hydrogen-bond acceptors (Lipinski definition) is 6. The normalized spacial score (nSPS) is 12.6. The van der Waals surface area contributed by atoms with Crippen molar-refractivity contribution >= 4 is 5.71 Å². The first-order valence-corrected chi connectivity index (χ1v) is 10.1. The zero-order chi connectivity index (χ0) is 21.9. The van der Waals surface area contributed by atoms with Crippen molar-refractivity contribution < 1.29 is 14.6 Å². The number of aromatic hydroxyl groups is 1. The van der Waals surface area contributed by atoms with Crippen molar-refractivity contribution in [2.75, 3.05) is 33.9 Å². The number of likely N-dealkylation sites (N-methyl/N-ethyl adjacent to an activating group) is 1. The summed E-state index contributed by atoms with van der Waals surface area (Å²) in [6.45, 7) is 6.67. The summed E-state index contributed by atoms with van der Waals surface area (Å²) in [5.41, 5.74) is 9.97. The van der Waals surface area contributed by atoms with Gasteiger partial charge in [0, 0.05) is 35.6 Å². The number of benzene rings is 2. The van der Waals surface area contributed by atoms with E-state index in [9.17, 15) is 5.11 Å². The average molecular weight is 412 g/mol. The third-order valence-corrected chi connectivity index (χ3v) is 4.81. The second-order valence-electron chi connectivity index (χ2n) is 7.31. The molecule has 162 valence electrons. The van der Waals surface area contributed by atoms with Crippen molar-refractivity contribution in [2.24, 2.45) is 10.7 Å². The Labute approximate surface area is 179 Å². The molecule has 2 rings (SSSR count). The van der Waals surface area contributed by atoms with E-state index in [1.165, 1.54) is 0 Å². The SMILES string of the molecule is COc1ccccc1CN=C(C)/C(CN(C)CCCOc1ccc(O)cc1)=C(/C)N. The van der Waals surface area contributed by atoms with E-state index in [-0.39, 0.29) is 5.75 Å². The Balaban J connectivity index is 1.86. The van der Waals surface area contributed by atoms with Crippen LogP contribution < -0.4 is 15.2 Å². The van der Waals surface area contributed by atoms with Gasteiger partial charge in [-0.2, -0.15) is 0 Å². The molecule has 0 bridgehead atoms. The Morgan fingerprint density at radius 3 is 2.47 bits per heavy atom. The highest BCUT2D eigenvalue weighted by molar-refractivity contribution is 5.99. The topological polar surface area (TPSA) is 80.3 Å². The summed E-state index contributed by atoms with van der Waals surface area (Å²) in [6.07, 6.45) is 0.881. The highest BCUT2D eigenvalue weighted by Crippen LogP contribution is 2.19. The first kappa shape index (κ1) is 23.3. The van der Waals surface area contributed by atoms with E-state index in [1.807, 2.05) is 38.1 Å². The Morgan fingerprint density at radius 2 is 1.80 bits per heavy atom. The van der Waals surface area contributed by atoms with Crippen molar-refractivity contribution in [3.8, 4) is 17.2 Å². The molecule has 2 aromatic rings. The van der Waals surface area contributed by atoms with Gasteiger partial charge in [-0.25, -0.2) is 0 Å². The number of rotatable bonds is 11. The van der Waals surface area contributed by atoms with Gasteiger partial charge in [-0.15, -0.1) is 0 Å². The van der Waals surface area contributed by atoms with Crippen molar-refractivity contribution in [1.82, 2.24) is 4.90 Å². The third-order valence-electron chi connectivity index (χ3n) is 4.81. The number of phenols is 1. The molecule has 0 radical (unpaired) electrons. The van der Waals surface area contributed by atoms with Gasteiger partial charge in [-0.1, -0.05) is 18.2 Å². The number of nitrogens with zero attached hydrogens (tertiary/aromatic N) is 2. The van der Waals surface area contributed by atoms with Gasteiger partial charge in [0.25, 0.3) is 0 Å². The van der Waals surface area contributed by atoms with Crippen molar-refractivity contribution in [2.45, 2.75) is 26.8 Å². The van der Waals surface area contributed by atoms with Crippen LogP contribution in [0.1, 0.15) is 25.8 Å². The van der Waals surface area contributed by atoms with Crippen LogP contribution in [0.25, 0.3) is 0 Å². The summed E-state index contributed by atoms with van der Waals surface area (Å²) in [4.78, 5) is 6.96. The molecular formula is C24H33N3O3. The lowest BCUT2D eigenvalue weighted by molar-refractivity contribution is 0.271. The fourth-order valence-corrected chi connectivity index (χ4v) is 3.07. The monoisotopic (exact) mass is 411 g/mol. The van der Waals surface area contributed by atoms with Crippen LogP contribution in [0.4, 0.5) is 0 Å². The van der Waals surface area contributed by atoms with Gasteiger partial charge < -0.3 is 25.2 Å².